The summed E-state index contributed by atoms with van der Waals surface area (Å²) in [5.74, 6) is 2.36. The molecule has 4 nitrogen and oxygen atoms in total. The molecule has 0 aromatic heterocycles. The molecule has 2 aliphatic rings. The van der Waals surface area contributed by atoms with Crippen LogP contribution in [-0.2, 0) is 4.74 Å². The summed E-state index contributed by atoms with van der Waals surface area (Å²) in [5, 5.41) is 21.9. The maximum atomic E-state index is 9.94. The molecular formula is C17H32O4. The third-order valence-electron chi connectivity index (χ3n) is 5.51. The van der Waals surface area contributed by atoms with E-state index >= 15 is 0 Å². The first kappa shape index (κ1) is 18.5. The molecule has 3 N–H and O–H groups in total. The van der Waals surface area contributed by atoms with Crippen LogP contribution in [0.25, 0.3) is 0 Å². The molecular weight excluding hydrogens is 268 g/mol. The molecule has 0 amide bonds. The predicted molar refractivity (Wildman–Crippen MR) is 84.0 cm³/mol. The Hall–Kier alpha value is -0.580. The maximum Gasteiger partial charge on any atom is 0.0950 e. The van der Waals surface area contributed by atoms with Crippen molar-refractivity contribution in [3.8, 4) is 0 Å². The highest BCUT2D eigenvalue weighted by atomic mass is 17.0. The minimum Gasteiger partial charge on any atom is -0.498 e. The van der Waals surface area contributed by atoms with Crippen molar-refractivity contribution in [2.24, 2.45) is 23.7 Å². The number of allylic oxidation sites excluding steroid dienone is 1. The van der Waals surface area contributed by atoms with Crippen LogP contribution in [0.4, 0.5) is 0 Å². The summed E-state index contributed by atoms with van der Waals surface area (Å²) in [4.78, 5) is 0. The zero-order chi connectivity index (χ0) is 16.0. The first-order valence-electron chi connectivity index (χ1n) is 8.28. The molecule has 6 atom stereocenters. The van der Waals surface area contributed by atoms with Gasteiger partial charge in [0.1, 0.15) is 0 Å². The standard InChI is InChI=1S/C17H30O2.H2O2/c1-5-14-7-9-15(12(3)13(4)18)17-10-19-11(2)6-8-16(14)17;1-2/h10-16,18H,5-9H2,1-4H3;1-2H/t11?,12-,13?,14+,15?,16?;/m0./s1. The Morgan fingerprint density at radius 1 is 1.19 bits per heavy atom. The lowest BCUT2D eigenvalue weighted by atomic mass is 9.64. The van der Waals surface area contributed by atoms with Crippen LogP contribution in [0.1, 0.15) is 59.8 Å². The first-order valence-corrected chi connectivity index (χ1v) is 8.28. The maximum absolute atomic E-state index is 9.94. The van der Waals surface area contributed by atoms with E-state index in [4.69, 9.17) is 15.3 Å². The Morgan fingerprint density at radius 3 is 2.43 bits per heavy atom. The Balaban J connectivity index is 0.00000106. The first-order chi connectivity index (χ1) is 10.0. The van der Waals surface area contributed by atoms with Gasteiger partial charge in [0.2, 0.25) is 0 Å². The number of fused-ring (bicyclic) bond motifs is 1. The minimum absolute atomic E-state index is 0.231. The Labute approximate surface area is 128 Å². The zero-order valence-electron chi connectivity index (χ0n) is 13.8. The van der Waals surface area contributed by atoms with Crippen LogP contribution in [0.15, 0.2) is 11.8 Å². The van der Waals surface area contributed by atoms with Crippen molar-refractivity contribution in [3.05, 3.63) is 11.8 Å². The van der Waals surface area contributed by atoms with E-state index < -0.39 is 0 Å². The van der Waals surface area contributed by atoms with Gasteiger partial charge in [-0.2, -0.15) is 0 Å². The Morgan fingerprint density at radius 2 is 1.86 bits per heavy atom. The molecule has 0 saturated heterocycles. The monoisotopic (exact) mass is 300 g/mol. The van der Waals surface area contributed by atoms with Gasteiger partial charge in [-0.1, -0.05) is 20.3 Å². The van der Waals surface area contributed by atoms with E-state index in [0.717, 1.165) is 12.3 Å². The van der Waals surface area contributed by atoms with Crippen LogP contribution in [0, 0.1) is 23.7 Å². The quantitative estimate of drug-likeness (QED) is 0.541. The fourth-order valence-electron chi connectivity index (χ4n) is 3.95. The molecule has 1 saturated carbocycles. The summed E-state index contributed by atoms with van der Waals surface area (Å²) < 4.78 is 5.88. The van der Waals surface area contributed by atoms with Crippen LogP contribution < -0.4 is 0 Å². The molecule has 4 unspecified atom stereocenters. The Bertz CT molecular complexity index is 327. The van der Waals surface area contributed by atoms with Crippen LogP contribution in [0.3, 0.4) is 0 Å². The van der Waals surface area contributed by atoms with Crippen molar-refractivity contribution in [2.45, 2.75) is 72.0 Å². The van der Waals surface area contributed by atoms with E-state index in [-0.39, 0.29) is 6.10 Å². The molecule has 1 aliphatic carbocycles. The third-order valence-corrected chi connectivity index (χ3v) is 5.51. The van der Waals surface area contributed by atoms with Crippen molar-refractivity contribution in [3.63, 3.8) is 0 Å². The SMILES string of the molecule is CC[C@@H]1CCC([C@@H](C)C(C)O)C2=COC(C)CCC21.OO. The summed E-state index contributed by atoms with van der Waals surface area (Å²) >= 11 is 0. The Kier molecular flexibility index (Phi) is 7.71. The van der Waals surface area contributed by atoms with Crippen molar-refractivity contribution in [1.82, 2.24) is 0 Å². The lowest BCUT2D eigenvalue weighted by Crippen LogP contribution is -2.34. The summed E-state index contributed by atoms with van der Waals surface area (Å²) in [6, 6.07) is 0. The lowest BCUT2D eigenvalue weighted by molar-refractivity contribution is -0.176. The summed E-state index contributed by atoms with van der Waals surface area (Å²) in [6.45, 7) is 8.60. The largest absolute Gasteiger partial charge is 0.498 e. The highest BCUT2D eigenvalue weighted by Gasteiger charge is 2.38. The predicted octanol–water partition coefficient (Wildman–Crippen LogP) is 4.16. The number of rotatable bonds is 3. The van der Waals surface area contributed by atoms with E-state index in [1.54, 1.807) is 0 Å². The number of ether oxygens (including phenoxy) is 1. The van der Waals surface area contributed by atoms with Gasteiger partial charge in [-0.15, -0.1) is 0 Å². The lowest BCUT2D eigenvalue weighted by Gasteiger charge is -2.40. The number of aliphatic hydroxyl groups is 1. The summed E-state index contributed by atoms with van der Waals surface area (Å²) in [7, 11) is 0. The second kappa shape index (κ2) is 8.76. The van der Waals surface area contributed by atoms with E-state index in [2.05, 4.69) is 27.0 Å². The number of hydrogen-bond acceptors (Lipinski definition) is 4. The molecule has 0 spiro atoms. The number of hydrogen-bond donors (Lipinski definition) is 3. The van der Waals surface area contributed by atoms with E-state index in [9.17, 15) is 5.11 Å². The number of aliphatic hydroxyl groups excluding tert-OH is 1. The average molecular weight is 300 g/mol. The van der Waals surface area contributed by atoms with E-state index in [0.29, 0.717) is 23.9 Å². The second-order valence-electron chi connectivity index (χ2n) is 6.70. The van der Waals surface area contributed by atoms with Gasteiger partial charge in [0.05, 0.1) is 18.5 Å². The van der Waals surface area contributed by atoms with Crippen LogP contribution in [0.5, 0.6) is 0 Å². The molecule has 4 heteroatoms. The molecule has 0 radical (unpaired) electrons. The highest BCUT2D eigenvalue weighted by molar-refractivity contribution is 5.16. The molecule has 1 aliphatic heterocycles. The molecule has 0 aromatic rings. The second-order valence-corrected chi connectivity index (χ2v) is 6.70. The molecule has 1 heterocycles. The summed E-state index contributed by atoms with van der Waals surface area (Å²) in [6.07, 6.45) is 8.40. The normalized spacial score (nSPS) is 35.1. The van der Waals surface area contributed by atoms with Gasteiger partial charge >= 0.3 is 0 Å². The minimum atomic E-state index is -0.231. The zero-order valence-corrected chi connectivity index (χ0v) is 13.8. The van der Waals surface area contributed by atoms with Gasteiger partial charge in [0.15, 0.2) is 0 Å². The molecule has 2 rings (SSSR count). The fraction of sp³-hybridized carbons (Fsp3) is 0.882. The van der Waals surface area contributed by atoms with Crippen molar-refractivity contribution in [1.29, 1.82) is 0 Å². The van der Waals surface area contributed by atoms with Gasteiger partial charge in [0, 0.05) is 0 Å². The smallest absolute Gasteiger partial charge is 0.0950 e. The van der Waals surface area contributed by atoms with Crippen LogP contribution in [-0.4, -0.2) is 27.8 Å². The molecule has 1 fully saturated rings. The highest BCUT2D eigenvalue weighted by Crippen LogP contribution is 2.47. The van der Waals surface area contributed by atoms with Gasteiger partial charge < -0.3 is 9.84 Å². The van der Waals surface area contributed by atoms with Crippen molar-refractivity contribution < 1.29 is 20.4 Å². The van der Waals surface area contributed by atoms with Gasteiger partial charge in [-0.25, -0.2) is 0 Å². The average Bonchev–Trinajstić information content (AvgIpc) is 2.70. The topological polar surface area (TPSA) is 69.9 Å². The van der Waals surface area contributed by atoms with Gasteiger partial charge in [-0.05, 0) is 68.8 Å². The van der Waals surface area contributed by atoms with E-state index in [1.165, 1.54) is 31.3 Å². The molecule has 0 aromatic carbocycles. The fourth-order valence-corrected chi connectivity index (χ4v) is 3.95. The van der Waals surface area contributed by atoms with Crippen molar-refractivity contribution >= 4 is 0 Å². The van der Waals surface area contributed by atoms with E-state index in [1.807, 2.05) is 6.92 Å². The van der Waals surface area contributed by atoms with Gasteiger partial charge in [0.25, 0.3) is 0 Å². The van der Waals surface area contributed by atoms with Gasteiger partial charge in [-0.3, -0.25) is 10.5 Å². The molecule has 21 heavy (non-hydrogen) atoms. The molecule has 124 valence electrons. The van der Waals surface area contributed by atoms with Crippen LogP contribution in [0.2, 0.25) is 0 Å². The summed E-state index contributed by atoms with van der Waals surface area (Å²) in [5.41, 5.74) is 1.50. The van der Waals surface area contributed by atoms with Crippen LogP contribution >= 0.6 is 0 Å². The third kappa shape index (κ3) is 4.44. The van der Waals surface area contributed by atoms with Crippen molar-refractivity contribution in [2.75, 3.05) is 0 Å². The molecule has 0 bridgehead atoms.